The van der Waals surface area contributed by atoms with Gasteiger partial charge in [0.1, 0.15) is 5.82 Å². The Hall–Kier alpha value is -3.55. The second-order valence-corrected chi connectivity index (χ2v) is 8.05. The lowest BCUT2D eigenvalue weighted by molar-refractivity contribution is 0.590. The summed E-state index contributed by atoms with van der Waals surface area (Å²) in [5, 5.41) is 7.29. The minimum absolute atomic E-state index is 0.106. The molecule has 0 atom stereocenters. The van der Waals surface area contributed by atoms with Crippen LogP contribution in [0.25, 0.3) is 0 Å². The van der Waals surface area contributed by atoms with E-state index in [0.29, 0.717) is 23.5 Å². The first kappa shape index (κ1) is 21.2. The fourth-order valence-electron chi connectivity index (χ4n) is 2.57. The zero-order chi connectivity index (χ0) is 21.7. The van der Waals surface area contributed by atoms with Crippen LogP contribution >= 0.6 is 0 Å². The summed E-state index contributed by atoms with van der Waals surface area (Å²) >= 11 is 0. The second-order valence-electron chi connectivity index (χ2n) is 8.05. The molecule has 0 saturated heterocycles. The van der Waals surface area contributed by atoms with Gasteiger partial charge in [0.2, 0.25) is 17.8 Å². The molecule has 3 aromatic rings. The van der Waals surface area contributed by atoms with E-state index in [0.717, 1.165) is 5.56 Å². The van der Waals surface area contributed by atoms with Crippen LogP contribution in [0.5, 0.6) is 0 Å². The van der Waals surface area contributed by atoms with Crippen LogP contribution in [0, 0.1) is 5.82 Å². The van der Waals surface area contributed by atoms with Gasteiger partial charge in [0.05, 0.1) is 6.21 Å². The Labute approximate surface area is 176 Å². The number of nitrogens with one attached hydrogen (secondary N) is 2. The summed E-state index contributed by atoms with van der Waals surface area (Å²) in [5.41, 5.74) is 5.84. The zero-order valence-electron chi connectivity index (χ0n) is 17.8. The minimum Gasteiger partial charge on any atom is -0.347 e. The van der Waals surface area contributed by atoms with E-state index in [4.69, 9.17) is 0 Å². The molecule has 0 spiro atoms. The molecular formula is C22H26FN7. The first-order valence-electron chi connectivity index (χ1n) is 9.56. The van der Waals surface area contributed by atoms with E-state index in [1.54, 1.807) is 23.2 Å². The van der Waals surface area contributed by atoms with Crippen molar-refractivity contribution in [3.05, 3.63) is 65.5 Å². The molecule has 0 aliphatic heterocycles. The van der Waals surface area contributed by atoms with Crippen LogP contribution in [0.3, 0.4) is 0 Å². The molecule has 30 heavy (non-hydrogen) atoms. The average Bonchev–Trinajstić information content (AvgIpc) is 2.69. The van der Waals surface area contributed by atoms with Crippen molar-refractivity contribution in [2.24, 2.45) is 5.10 Å². The summed E-state index contributed by atoms with van der Waals surface area (Å²) in [5.74, 6) is 0.771. The van der Waals surface area contributed by atoms with Crippen molar-refractivity contribution in [3.8, 4) is 0 Å². The predicted molar refractivity (Wildman–Crippen MR) is 120 cm³/mol. The van der Waals surface area contributed by atoms with Crippen LogP contribution in [0.1, 0.15) is 31.9 Å². The summed E-state index contributed by atoms with van der Waals surface area (Å²) < 4.78 is 13.1. The van der Waals surface area contributed by atoms with Gasteiger partial charge in [-0.05, 0) is 40.8 Å². The first-order valence-corrected chi connectivity index (χ1v) is 9.56. The van der Waals surface area contributed by atoms with Crippen molar-refractivity contribution in [1.29, 1.82) is 0 Å². The maximum atomic E-state index is 13.1. The molecule has 8 heteroatoms. The summed E-state index contributed by atoms with van der Waals surface area (Å²) in [4.78, 5) is 14.8. The highest BCUT2D eigenvalue weighted by Gasteiger charge is 2.12. The van der Waals surface area contributed by atoms with Gasteiger partial charge in [-0.25, -0.2) is 9.82 Å². The molecule has 2 N–H and O–H groups in total. The molecule has 3 rings (SSSR count). The molecule has 0 aliphatic rings. The number of aromatic nitrogens is 3. The predicted octanol–water partition coefficient (Wildman–Crippen LogP) is 4.56. The van der Waals surface area contributed by atoms with Crippen molar-refractivity contribution < 1.29 is 4.39 Å². The molecule has 0 unspecified atom stereocenters. The lowest BCUT2D eigenvalue weighted by atomic mass is 9.87. The number of nitrogens with zero attached hydrogens (tertiary/aromatic N) is 5. The average molecular weight is 407 g/mol. The number of hydrogen-bond acceptors (Lipinski definition) is 7. The Morgan fingerprint density at radius 1 is 0.900 bits per heavy atom. The van der Waals surface area contributed by atoms with Crippen molar-refractivity contribution in [1.82, 2.24) is 15.0 Å². The molecule has 0 amide bonds. The quantitative estimate of drug-likeness (QED) is 0.461. The second kappa shape index (κ2) is 8.86. The van der Waals surface area contributed by atoms with Crippen molar-refractivity contribution >= 4 is 29.7 Å². The van der Waals surface area contributed by atoms with Gasteiger partial charge in [0, 0.05) is 19.8 Å². The summed E-state index contributed by atoms with van der Waals surface area (Å²) in [6, 6.07) is 14.2. The Morgan fingerprint density at radius 3 is 2.13 bits per heavy atom. The number of hydrogen-bond donors (Lipinski definition) is 2. The Morgan fingerprint density at radius 2 is 1.53 bits per heavy atom. The molecule has 1 heterocycles. The van der Waals surface area contributed by atoms with Crippen LogP contribution in [-0.2, 0) is 5.41 Å². The van der Waals surface area contributed by atoms with E-state index in [-0.39, 0.29) is 11.2 Å². The normalized spacial score (nSPS) is 11.5. The largest absolute Gasteiger partial charge is 0.347 e. The van der Waals surface area contributed by atoms with Crippen molar-refractivity contribution in [2.45, 2.75) is 26.2 Å². The number of hydrazone groups is 1. The monoisotopic (exact) mass is 407 g/mol. The third-order valence-corrected chi connectivity index (χ3v) is 4.28. The summed E-state index contributed by atoms with van der Waals surface area (Å²) in [7, 11) is 3.67. The highest BCUT2D eigenvalue weighted by molar-refractivity contribution is 5.80. The van der Waals surface area contributed by atoms with E-state index in [2.05, 4.69) is 63.7 Å². The fraction of sp³-hybridized carbons (Fsp3) is 0.273. The third-order valence-electron chi connectivity index (χ3n) is 4.28. The molecular weight excluding hydrogens is 381 g/mol. The van der Waals surface area contributed by atoms with Crippen molar-refractivity contribution in [3.63, 3.8) is 0 Å². The van der Waals surface area contributed by atoms with E-state index >= 15 is 0 Å². The lowest BCUT2D eigenvalue weighted by Crippen LogP contribution is -2.15. The fourth-order valence-corrected chi connectivity index (χ4v) is 2.57. The highest BCUT2D eigenvalue weighted by Crippen LogP contribution is 2.22. The summed E-state index contributed by atoms with van der Waals surface area (Å²) in [6.45, 7) is 6.54. The van der Waals surface area contributed by atoms with Gasteiger partial charge >= 0.3 is 0 Å². The molecule has 7 nitrogen and oxygen atoms in total. The molecule has 0 radical (unpaired) electrons. The van der Waals surface area contributed by atoms with Gasteiger partial charge < -0.3 is 10.2 Å². The number of halogens is 1. The van der Waals surface area contributed by atoms with Crippen LogP contribution in [0.15, 0.2) is 53.6 Å². The third kappa shape index (κ3) is 5.73. The Balaban J connectivity index is 1.75. The molecule has 0 fully saturated rings. The van der Waals surface area contributed by atoms with Crippen LogP contribution in [0.4, 0.5) is 27.9 Å². The molecule has 1 aromatic heterocycles. The molecule has 2 aromatic carbocycles. The number of benzene rings is 2. The standard InChI is InChI=1S/C22H26FN7/c1-22(2,3)16-8-6-15(7-9-16)14-24-29-20-26-19(27-21(28-20)30(4)5)25-18-12-10-17(23)11-13-18/h6-14H,1-5H3,(H2,25,26,27,28,29)/b24-14-. The lowest BCUT2D eigenvalue weighted by Gasteiger charge is -2.18. The van der Waals surface area contributed by atoms with Gasteiger partial charge in [0.15, 0.2) is 0 Å². The zero-order valence-corrected chi connectivity index (χ0v) is 17.8. The van der Waals surface area contributed by atoms with E-state index in [1.165, 1.54) is 17.7 Å². The Bertz CT molecular complexity index is 1010. The highest BCUT2D eigenvalue weighted by atomic mass is 19.1. The topological polar surface area (TPSA) is 78.3 Å². The minimum atomic E-state index is -0.308. The van der Waals surface area contributed by atoms with Crippen LogP contribution in [-0.4, -0.2) is 35.3 Å². The van der Waals surface area contributed by atoms with E-state index in [1.807, 2.05) is 26.2 Å². The number of anilines is 4. The van der Waals surface area contributed by atoms with Gasteiger partial charge in [-0.2, -0.15) is 20.1 Å². The molecule has 0 aliphatic carbocycles. The first-order chi connectivity index (χ1) is 14.2. The van der Waals surface area contributed by atoms with Crippen LogP contribution < -0.4 is 15.6 Å². The molecule has 156 valence electrons. The number of rotatable bonds is 6. The van der Waals surface area contributed by atoms with Crippen molar-refractivity contribution in [2.75, 3.05) is 29.7 Å². The maximum absolute atomic E-state index is 13.1. The van der Waals surface area contributed by atoms with E-state index < -0.39 is 0 Å². The summed E-state index contributed by atoms with van der Waals surface area (Å²) in [6.07, 6.45) is 1.71. The van der Waals surface area contributed by atoms with Crippen LogP contribution in [0.2, 0.25) is 0 Å². The SMILES string of the molecule is CN(C)c1nc(N/N=C\c2ccc(C(C)(C)C)cc2)nc(Nc2ccc(F)cc2)n1. The maximum Gasteiger partial charge on any atom is 0.250 e. The van der Waals surface area contributed by atoms with Gasteiger partial charge in [-0.1, -0.05) is 45.0 Å². The molecule has 0 saturated carbocycles. The Kier molecular flexibility index (Phi) is 6.25. The van der Waals surface area contributed by atoms with Gasteiger partial charge in [0.25, 0.3) is 0 Å². The smallest absolute Gasteiger partial charge is 0.250 e. The van der Waals surface area contributed by atoms with E-state index in [9.17, 15) is 4.39 Å². The molecule has 0 bridgehead atoms. The van der Waals surface area contributed by atoms with Gasteiger partial charge in [-0.3, -0.25) is 0 Å². The van der Waals surface area contributed by atoms with Gasteiger partial charge in [-0.15, -0.1) is 0 Å².